The Labute approximate surface area is 88.8 Å². The van der Waals surface area contributed by atoms with Crippen LogP contribution in [0.5, 0.6) is 5.75 Å². The number of hydrogen-bond acceptors (Lipinski definition) is 3. The number of esters is 1. The van der Waals surface area contributed by atoms with Crippen LogP contribution in [0.15, 0.2) is 24.3 Å². The molecule has 0 bridgehead atoms. The lowest BCUT2D eigenvalue weighted by atomic mass is 10.1. The largest absolute Gasteiger partial charge is 0.454 e. The molecule has 0 aliphatic rings. The zero-order valence-electron chi connectivity index (χ0n) is 8.17. The van der Waals surface area contributed by atoms with Crippen LogP contribution in [0.25, 0.3) is 0 Å². The fourth-order valence-corrected chi connectivity index (χ4v) is 1.00. The van der Waals surface area contributed by atoms with Gasteiger partial charge in [-0.1, -0.05) is 0 Å². The van der Waals surface area contributed by atoms with Gasteiger partial charge in [0.15, 0.2) is 0 Å². The van der Waals surface area contributed by atoms with Gasteiger partial charge in [0.1, 0.15) is 5.75 Å². The summed E-state index contributed by atoms with van der Waals surface area (Å²) in [6.45, 7) is 1.16. The Morgan fingerprint density at radius 2 is 1.62 bits per heavy atom. The number of alkyl halides is 3. The van der Waals surface area contributed by atoms with Crippen molar-refractivity contribution in [1.82, 2.24) is 0 Å². The Morgan fingerprint density at radius 1 is 1.12 bits per heavy atom. The van der Waals surface area contributed by atoms with E-state index in [0.29, 0.717) is 0 Å². The van der Waals surface area contributed by atoms with E-state index in [-0.39, 0.29) is 5.75 Å². The monoisotopic (exact) mass is 232 g/mol. The average molecular weight is 232 g/mol. The number of ketones is 1. The predicted octanol–water partition coefficient (Wildman–Crippen LogP) is 2.36. The number of benzene rings is 1. The third-order valence-electron chi connectivity index (χ3n) is 1.64. The van der Waals surface area contributed by atoms with E-state index in [1.54, 1.807) is 0 Å². The minimum atomic E-state index is -4.90. The second-order valence-electron chi connectivity index (χ2n) is 2.94. The van der Waals surface area contributed by atoms with Crippen molar-refractivity contribution < 1.29 is 27.5 Å². The molecule has 1 aromatic carbocycles. The van der Waals surface area contributed by atoms with Crippen LogP contribution < -0.4 is 4.74 Å². The van der Waals surface area contributed by atoms with E-state index in [9.17, 15) is 22.8 Å². The van der Waals surface area contributed by atoms with Gasteiger partial charge in [-0.3, -0.25) is 9.59 Å². The molecule has 0 unspecified atom stereocenters. The second-order valence-corrected chi connectivity index (χ2v) is 2.94. The van der Waals surface area contributed by atoms with E-state index in [2.05, 4.69) is 4.74 Å². The first-order valence-corrected chi connectivity index (χ1v) is 4.20. The molecule has 3 nitrogen and oxygen atoms in total. The summed E-state index contributed by atoms with van der Waals surface area (Å²) in [5.74, 6) is -2.43. The lowest BCUT2D eigenvalue weighted by molar-refractivity contribution is -0.131. The molecule has 0 aliphatic carbocycles. The van der Waals surface area contributed by atoms with Crippen LogP contribution in [-0.2, 0) is 4.79 Å². The van der Waals surface area contributed by atoms with Crippen LogP contribution in [0.3, 0.4) is 0 Å². The highest BCUT2D eigenvalue weighted by molar-refractivity contribution is 6.00. The third kappa shape index (κ3) is 3.08. The summed E-state index contributed by atoms with van der Waals surface area (Å²) in [4.78, 5) is 21.3. The van der Waals surface area contributed by atoms with Gasteiger partial charge >= 0.3 is 12.1 Å². The average Bonchev–Trinajstić information content (AvgIpc) is 2.15. The highest BCUT2D eigenvalue weighted by Gasteiger charge is 2.39. The lowest BCUT2D eigenvalue weighted by Crippen LogP contribution is -2.22. The molecule has 86 valence electrons. The molecular formula is C10H7F3O3. The minimum absolute atomic E-state index is 0.0891. The number of Topliss-reactive ketones (excluding diaryl/α,β-unsaturated/α-hetero) is 1. The van der Waals surface area contributed by atoms with Gasteiger partial charge in [-0.05, 0) is 24.3 Å². The Kier molecular flexibility index (Phi) is 3.31. The minimum Gasteiger partial charge on any atom is -0.427 e. The van der Waals surface area contributed by atoms with Crippen LogP contribution in [0.4, 0.5) is 13.2 Å². The van der Waals surface area contributed by atoms with Crippen LogP contribution in [0.2, 0.25) is 0 Å². The molecule has 0 spiro atoms. The normalized spacial score (nSPS) is 11.0. The van der Waals surface area contributed by atoms with E-state index >= 15 is 0 Å². The molecule has 0 fully saturated rings. The quantitative estimate of drug-likeness (QED) is 0.446. The van der Waals surface area contributed by atoms with Gasteiger partial charge in [-0.25, -0.2) is 0 Å². The molecule has 1 rings (SSSR count). The number of halogens is 3. The van der Waals surface area contributed by atoms with Gasteiger partial charge < -0.3 is 4.74 Å². The number of carbonyl (C=O) groups excluding carboxylic acids is 2. The van der Waals surface area contributed by atoms with E-state index < -0.39 is 23.5 Å². The maximum atomic E-state index is 12.0. The first-order valence-electron chi connectivity index (χ1n) is 4.20. The highest BCUT2D eigenvalue weighted by atomic mass is 19.4. The van der Waals surface area contributed by atoms with Gasteiger partial charge in [-0.2, -0.15) is 13.2 Å². The summed E-state index contributed by atoms with van der Waals surface area (Å²) >= 11 is 0. The lowest BCUT2D eigenvalue weighted by Gasteiger charge is -2.05. The number of rotatable bonds is 2. The summed E-state index contributed by atoms with van der Waals surface area (Å²) in [5.41, 5.74) is -0.497. The Morgan fingerprint density at radius 3 is 2.00 bits per heavy atom. The Bertz CT molecular complexity index is 406. The van der Waals surface area contributed by atoms with Crippen molar-refractivity contribution in [3.63, 3.8) is 0 Å². The van der Waals surface area contributed by atoms with Crippen LogP contribution in [-0.4, -0.2) is 17.9 Å². The summed E-state index contributed by atoms with van der Waals surface area (Å²) in [6.07, 6.45) is -4.90. The molecule has 0 aromatic heterocycles. The van der Waals surface area contributed by atoms with Crippen molar-refractivity contribution in [3.8, 4) is 5.75 Å². The molecular weight excluding hydrogens is 225 g/mol. The van der Waals surface area contributed by atoms with Crippen molar-refractivity contribution in [1.29, 1.82) is 0 Å². The topological polar surface area (TPSA) is 43.4 Å². The van der Waals surface area contributed by atoms with Crippen molar-refractivity contribution in [3.05, 3.63) is 29.8 Å². The molecule has 0 saturated carbocycles. The van der Waals surface area contributed by atoms with Gasteiger partial charge in [0.2, 0.25) is 0 Å². The zero-order valence-corrected chi connectivity index (χ0v) is 8.17. The first kappa shape index (κ1) is 12.2. The van der Waals surface area contributed by atoms with E-state index in [1.807, 2.05) is 0 Å². The third-order valence-corrected chi connectivity index (χ3v) is 1.64. The summed E-state index contributed by atoms with van der Waals surface area (Å²) in [5, 5.41) is 0. The summed E-state index contributed by atoms with van der Waals surface area (Å²) in [6, 6.07) is 4.16. The maximum Gasteiger partial charge on any atom is 0.454 e. The molecule has 0 heterocycles. The fourth-order valence-electron chi connectivity index (χ4n) is 1.00. The van der Waals surface area contributed by atoms with Crippen LogP contribution in [0.1, 0.15) is 17.3 Å². The van der Waals surface area contributed by atoms with E-state index in [0.717, 1.165) is 31.2 Å². The van der Waals surface area contributed by atoms with Crippen molar-refractivity contribution in [2.24, 2.45) is 0 Å². The molecule has 0 saturated heterocycles. The number of ether oxygens (including phenoxy) is 1. The smallest absolute Gasteiger partial charge is 0.427 e. The van der Waals surface area contributed by atoms with Gasteiger partial charge in [0, 0.05) is 12.5 Å². The van der Waals surface area contributed by atoms with Crippen LogP contribution in [0, 0.1) is 0 Å². The molecule has 1 aromatic rings. The molecule has 0 radical (unpaired) electrons. The molecule has 6 heteroatoms. The van der Waals surface area contributed by atoms with E-state index in [1.165, 1.54) is 0 Å². The molecule has 16 heavy (non-hydrogen) atoms. The molecule has 0 atom stereocenters. The maximum absolute atomic E-state index is 12.0. The predicted molar refractivity (Wildman–Crippen MR) is 48.1 cm³/mol. The SMILES string of the molecule is CC(=O)Oc1ccc(C(=O)C(F)(F)F)cc1. The van der Waals surface area contributed by atoms with Crippen molar-refractivity contribution in [2.45, 2.75) is 13.1 Å². The highest BCUT2D eigenvalue weighted by Crippen LogP contribution is 2.22. The number of hydrogen-bond donors (Lipinski definition) is 0. The van der Waals surface area contributed by atoms with Crippen LogP contribution >= 0.6 is 0 Å². The molecule has 0 amide bonds. The Balaban J connectivity index is 2.87. The van der Waals surface area contributed by atoms with Gasteiger partial charge in [0.25, 0.3) is 5.78 Å². The van der Waals surface area contributed by atoms with E-state index in [4.69, 9.17) is 0 Å². The van der Waals surface area contributed by atoms with Gasteiger partial charge in [-0.15, -0.1) is 0 Å². The van der Waals surface area contributed by atoms with Gasteiger partial charge in [0.05, 0.1) is 0 Å². The fraction of sp³-hybridized carbons (Fsp3) is 0.200. The molecule has 0 aliphatic heterocycles. The summed E-state index contributed by atoms with van der Waals surface area (Å²) in [7, 11) is 0. The zero-order chi connectivity index (χ0) is 12.3. The first-order chi connectivity index (χ1) is 7.30. The summed E-state index contributed by atoms with van der Waals surface area (Å²) < 4.78 is 40.6. The van der Waals surface area contributed by atoms with Crippen molar-refractivity contribution in [2.75, 3.05) is 0 Å². The standard InChI is InChI=1S/C10H7F3O3/c1-6(14)16-8-4-2-7(3-5-8)9(15)10(11,12)13/h2-5H,1H3. The van der Waals surface area contributed by atoms with Crippen molar-refractivity contribution >= 4 is 11.8 Å². The second kappa shape index (κ2) is 4.34. The molecule has 0 N–H and O–H groups in total. The Hall–Kier alpha value is -1.85. The number of carbonyl (C=O) groups is 2.